The zero-order valence-electron chi connectivity index (χ0n) is 7.69. The van der Waals surface area contributed by atoms with E-state index in [0.29, 0.717) is 12.8 Å². The summed E-state index contributed by atoms with van der Waals surface area (Å²) in [6.45, 7) is 3.72. The predicted octanol–water partition coefficient (Wildman–Crippen LogP) is 1.59. The summed E-state index contributed by atoms with van der Waals surface area (Å²) in [7, 11) is 0. The van der Waals surface area contributed by atoms with Gasteiger partial charge in [0.1, 0.15) is 6.10 Å². The van der Waals surface area contributed by atoms with Gasteiger partial charge in [-0.1, -0.05) is 26.7 Å². The maximum absolute atomic E-state index is 10.4. The van der Waals surface area contributed by atoms with E-state index >= 15 is 0 Å². The van der Waals surface area contributed by atoms with Crippen LogP contribution in [-0.2, 0) is 0 Å². The lowest BCUT2D eigenvalue weighted by Crippen LogP contribution is -2.32. The van der Waals surface area contributed by atoms with E-state index in [2.05, 4.69) is 0 Å². The molecule has 4 nitrogen and oxygen atoms in total. The van der Waals surface area contributed by atoms with Gasteiger partial charge in [0.2, 0.25) is 6.04 Å². The quantitative estimate of drug-likeness (QED) is 0.492. The van der Waals surface area contributed by atoms with Crippen molar-refractivity contribution in [1.29, 1.82) is 0 Å². The van der Waals surface area contributed by atoms with E-state index in [9.17, 15) is 15.2 Å². The van der Waals surface area contributed by atoms with Gasteiger partial charge < -0.3 is 5.11 Å². The van der Waals surface area contributed by atoms with E-state index in [1.54, 1.807) is 6.92 Å². The molecule has 0 aromatic heterocycles. The summed E-state index contributed by atoms with van der Waals surface area (Å²) in [5.41, 5.74) is 0. The molecule has 0 aliphatic rings. The molecule has 0 rings (SSSR count). The van der Waals surface area contributed by atoms with Crippen LogP contribution in [0, 0.1) is 10.1 Å². The van der Waals surface area contributed by atoms with E-state index in [0.717, 1.165) is 12.8 Å². The highest BCUT2D eigenvalue weighted by Gasteiger charge is 2.26. The molecule has 12 heavy (non-hydrogen) atoms. The molecule has 0 radical (unpaired) electrons. The number of hydrogen-bond donors (Lipinski definition) is 1. The number of aliphatic hydroxyl groups excluding tert-OH is 1. The molecule has 0 heterocycles. The lowest BCUT2D eigenvalue weighted by Gasteiger charge is -2.13. The molecule has 0 aromatic rings. The molecule has 0 aliphatic carbocycles. The van der Waals surface area contributed by atoms with Gasteiger partial charge in [0, 0.05) is 11.3 Å². The van der Waals surface area contributed by atoms with Gasteiger partial charge in [-0.3, -0.25) is 10.1 Å². The largest absolute Gasteiger partial charge is 0.386 e. The van der Waals surface area contributed by atoms with E-state index in [1.165, 1.54) is 0 Å². The van der Waals surface area contributed by atoms with Gasteiger partial charge in [-0.25, -0.2) is 0 Å². The summed E-state index contributed by atoms with van der Waals surface area (Å²) in [6, 6.07) is -0.781. The molecule has 0 bridgehead atoms. The van der Waals surface area contributed by atoms with Crippen molar-refractivity contribution in [3.63, 3.8) is 0 Å². The third-order valence-electron chi connectivity index (χ3n) is 1.99. The molecule has 0 fully saturated rings. The van der Waals surface area contributed by atoms with Crippen molar-refractivity contribution in [2.75, 3.05) is 0 Å². The van der Waals surface area contributed by atoms with Crippen LogP contribution >= 0.6 is 0 Å². The molecule has 72 valence electrons. The normalized spacial score (nSPS) is 15.6. The second-order valence-electron chi connectivity index (χ2n) is 2.97. The van der Waals surface area contributed by atoms with Crippen LogP contribution in [0.25, 0.3) is 0 Å². The van der Waals surface area contributed by atoms with Gasteiger partial charge >= 0.3 is 0 Å². The third-order valence-corrected chi connectivity index (χ3v) is 1.99. The van der Waals surface area contributed by atoms with Crippen LogP contribution in [0.3, 0.4) is 0 Å². The Morgan fingerprint density at radius 3 is 2.42 bits per heavy atom. The fourth-order valence-electron chi connectivity index (χ4n) is 1.17. The fourth-order valence-corrected chi connectivity index (χ4v) is 1.17. The van der Waals surface area contributed by atoms with E-state index in [-0.39, 0.29) is 4.92 Å². The van der Waals surface area contributed by atoms with Gasteiger partial charge in [0.05, 0.1) is 0 Å². The molecule has 0 aliphatic heterocycles. The monoisotopic (exact) mass is 175 g/mol. The summed E-state index contributed by atoms with van der Waals surface area (Å²) in [5, 5.41) is 19.7. The Bertz CT molecular complexity index is 138. The first-order chi connectivity index (χ1) is 5.63. The molecule has 0 amide bonds. The minimum absolute atomic E-state index is 0.389. The Balaban J connectivity index is 3.85. The van der Waals surface area contributed by atoms with Gasteiger partial charge in [-0.2, -0.15) is 0 Å². The maximum Gasteiger partial charge on any atom is 0.238 e. The van der Waals surface area contributed by atoms with Crippen molar-refractivity contribution >= 4 is 0 Å². The first-order valence-corrected chi connectivity index (χ1v) is 4.45. The molecule has 0 saturated carbocycles. The highest BCUT2D eigenvalue weighted by Crippen LogP contribution is 2.09. The molecule has 4 heteroatoms. The molecule has 1 N–H and O–H groups in total. The van der Waals surface area contributed by atoms with Crippen molar-refractivity contribution in [2.24, 2.45) is 0 Å². The number of unbranched alkanes of at least 4 members (excludes halogenated alkanes) is 1. The average molecular weight is 175 g/mol. The van der Waals surface area contributed by atoms with Crippen LogP contribution in [-0.4, -0.2) is 22.2 Å². The van der Waals surface area contributed by atoms with Crippen molar-refractivity contribution in [1.82, 2.24) is 0 Å². The predicted molar refractivity (Wildman–Crippen MR) is 46.6 cm³/mol. The Kier molecular flexibility index (Phi) is 5.62. The zero-order chi connectivity index (χ0) is 9.56. The number of hydrogen-bond acceptors (Lipinski definition) is 3. The third kappa shape index (κ3) is 3.67. The molecule has 1 unspecified atom stereocenters. The second kappa shape index (κ2) is 5.94. The number of rotatable bonds is 6. The van der Waals surface area contributed by atoms with Crippen LogP contribution in [0.4, 0.5) is 0 Å². The SMILES string of the molecule is CCCC[C@@H](O)C(CC)[N+](=O)[O-]. The Labute approximate surface area is 72.7 Å². The lowest BCUT2D eigenvalue weighted by atomic mass is 10.0. The molecule has 0 aromatic carbocycles. The number of nitro groups is 1. The van der Waals surface area contributed by atoms with Crippen molar-refractivity contribution in [2.45, 2.75) is 51.7 Å². The zero-order valence-corrected chi connectivity index (χ0v) is 7.69. The van der Waals surface area contributed by atoms with Crippen molar-refractivity contribution < 1.29 is 10.0 Å². The van der Waals surface area contributed by atoms with Crippen molar-refractivity contribution in [3.8, 4) is 0 Å². The molecule has 2 atom stereocenters. The van der Waals surface area contributed by atoms with Crippen LogP contribution < -0.4 is 0 Å². The van der Waals surface area contributed by atoms with E-state index in [4.69, 9.17) is 0 Å². The van der Waals surface area contributed by atoms with Crippen LogP contribution in [0.1, 0.15) is 39.5 Å². The smallest absolute Gasteiger partial charge is 0.238 e. The first kappa shape index (κ1) is 11.4. The molecular formula is C8H17NO3. The minimum atomic E-state index is -0.781. The average Bonchev–Trinajstić information content (AvgIpc) is 2.01. The van der Waals surface area contributed by atoms with Crippen LogP contribution in [0.15, 0.2) is 0 Å². The summed E-state index contributed by atoms with van der Waals surface area (Å²) >= 11 is 0. The molecule has 0 spiro atoms. The summed E-state index contributed by atoms with van der Waals surface area (Å²) in [4.78, 5) is 9.99. The van der Waals surface area contributed by atoms with Gasteiger partial charge in [-0.05, 0) is 6.42 Å². The Morgan fingerprint density at radius 1 is 1.50 bits per heavy atom. The second-order valence-corrected chi connectivity index (χ2v) is 2.97. The van der Waals surface area contributed by atoms with Crippen molar-refractivity contribution in [3.05, 3.63) is 10.1 Å². The number of aliphatic hydroxyl groups is 1. The highest BCUT2D eigenvalue weighted by molar-refractivity contribution is 4.65. The van der Waals surface area contributed by atoms with E-state index in [1.807, 2.05) is 6.92 Å². The Hall–Kier alpha value is -0.640. The van der Waals surface area contributed by atoms with Gasteiger partial charge in [-0.15, -0.1) is 0 Å². The topological polar surface area (TPSA) is 63.4 Å². The summed E-state index contributed by atoms with van der Waals surface area (Å²) in [6.07, 6.45) is 1.98. The first-order valence-electron chi connectivity index (χ1n) is 4.45. The van der Waals surface area contributed by atoms with Crippen LogP contribution in [0.5, 0.6) is 0 Å². The van der Waals surface area contributed by atoms with E-state index < -0.39 is 12.1 Å². The Morgan fingerprint density at radius 2 is 2.08 bits per heavy atom. The number of nitrogens with zero attached hydrogens (tertiary/aromatic N) is 1. The minimum Gasteiger partial charge on any atom is -0.386 e. The van der Waals surface area contributed by atoms with Gasteiger partial charge in [0.25, 0.3) is 0 Å². The van der Waals surface area contributed by atoms with Crippen LogP contribution in [0.2, 0.25) is 0 Å². The van der Waals surface area contributed by atoms with Gasteiger partial charge in [0.15, 0.2) is 0 Å². The standard InChI is InChI=1S/C8H17NO3/c1-3-5-6-8(10)7(4-2)9(11)12/h7-8,10H,3-6H2,1-2H3/t7?,8-/m1/s1. The maximum atomic E-state index is 10.4. The molecular weight excluding hydrogens is 158 g/mol. The summed E-state index contributed by atoms with van der Waals surface area (Å²) < 4.78 is 0. The highest BCUT2D eigenvalue weighted by atomic mass is 16.6. The lowest BCUT2D eigenvalue weighted by molar-refractivity contribution is -0.534. The molecule has 0 saturated heterocycles. The fraction of sp³-hybridized carbons (Fsp3) is 1.00. The summed E-state index contributed by atoms with van der Waals surface area (Å²) in [5.74, 6) is 0.